The van der Waals surface area contributed by atoms with E-state index in [2.05, 4.69) is 98.7 Å². The van der Waals surface area contributed by atoms with Gasteiger partial charge >= 0.3 is 0 Å². The number of carbonyl (C=O) groups excluding carboxylic acids is 3. The molecule has 0 saturated carbocycles. The Morgan fingerprint density at radius 3 is 1.45 bits per heavy atom. The van der Waals surface area contributed by atoms with Crippen molar-refractivity contribution in [1.82, 2.24) is 5.32 Å². The van der Waals surface area contributed by atoms with Crippen molar-refractivity contribution < 1.29 is 14.4 Å². The first-order valence-electron chi connectivity index (χ1n) is 17.4. The molecule has 44 heavy (non-hydrogen) atoms. The van der Waals surface area contributed by atoms with Crippen LogP contribution in [-0.2, 0) is 14.4 Å². The number of ketones is 1. The van der Waals surface area contributed by atoms with Gasteiger partial charge in [-0.25, -0.2) is 0 Å². The number of amides is 2. The maximum absolute atomic E-state index is 13.0. The first-order valence-corrected chi connectivity index (χ1v) is 17.4. The van der Waals surface area contributed by atoms with E-state index in [1.165, 1.54) is 0 Å². The molecule has 0 aliphatic rings. The lowest BCUT2D eigenvalue weighted by Crippen LogP contribution is -2.39. The average molecular weight is 606 g/mol. The van der Waals surface area contributed by atoms with Crippen LogP contribution in [0.3, 0.4) is 0 Å². The van der Waals surface area contributed by atoms with Gasteiger partial charge in [-0.05, 0) is 84.0 Å². The number of Topliss-reactive ketones (excluding diaryl/α,β-unsaturated/α-hetero) is 1. The summed E-state index contributed by atoms with van der Waals surface area (Å²) >= 11 is 0. The quantitative estimate of drug-likeness (QED) is 0.0417. The van der Waals surface area contributed by atoms with Gasteiger partial charge in [0.2, 0.25) is 5.91 Å². The normalized spacial score (nSPS) is 13.0. The Morgan fingerprint density at radius 1 is 0.568 bits per heavy atom. The number of hydrogen-bond acceptors (Lipinski definition) is 3. The molecule has 1 N–H and O–H groups in total. The molecular weight excluding hydrogens is 542 g/mol. The van der Waals surface area contributed by atoms with Gasteiger partial charge in [-0.2, -0.15) is 0 Å². The predicted octanol–water partition coefficient (Wildman–Crippen LogP) is 11.2. The minimum absolute atomic E-state index is 0.0423. The van der Waals surface area contributed by atoms with Gasteiger partial charge in [0, 0.05) is 12.0 Å². The molecule has 0 aliphatic carbocycles. The number of allylic oxidation sites excluding steroid dienone is 12. The fourth-order valence-corrected chi connectivity index (χ4v) is 4.63. The van der Waals surface area contributed by atoms with E-state index in [0.717, 1.165) is 109 Å². The van der Waals surface area contributed by atoms with E-state index >= 15 is 0 Å². The van der Waals surface area contributed by atoms with Crippen LogP contribution in [0.25, 0.3) is 0 Å². The van der Waals surface area contributed by atoms with Crippen LogP contribution in [0.1, 0.15) is 143 Å². The molecule has 0 aromatic rings. The summed E-state index contributed by atoms with van der Waals surface area (Å²) in [5.74, 6) is -1.76. The van der Waals surface area contributed by atoms with Crippen molar-refractivity contribution in [2.75, 3.05) is 0 Å². The zero-order valence-electron chi connectivity index (χ0n) is 28.4. The average Bonchev–Trinajstić information content (AvgIpc) is 3.00. The van der Waals surface area contributed by atoms with Crippen LogP contribution in [0.2, 0.25) is 0 Å². The van der Waals surface area contributed by atoms with Gasteiger partial charge in [-0.1, -0.05) is 132 Å². The Labute approximate surface area is 270 Å². The summed E-state index contributed by atoms with van der Waals surface area (Å²) in [6.07, 6.45) is 44.8. The molecule has 0 aliphatic heterocycles. The standard InChI is InChI=1S/C40H63NO3/c1-5-7-9-11-13-15-17-19-21-23-25-27-29-31-33-35-38(42)37(40(44)41-39(43)36(3)4)34-32-30-28-26-24-22-20-18-16-14-12-10-8-6-2/h7-10,13-16,19-22,37H,3,5-6,11-12,17-18,23-35H2,1-2,4H3,(H,41,43,44)/b9-7-,10-8-,15-13-,16-14-,21-19-,22-20-. The molecule has 0 saturated heterocycles. The molecule has 1 atom stereocenters. The SMILES string of the molecule is C=C(C)C(=O)NC(=O)C(CCCCCC/C=C\C/C=C\C/C=C\CC)C(=O)CCCCCCC/C=C\C/C=C\C/C=C\CC. The van der Waals surface area contributed by atoms with E-state index in [1.54, 1.807) is 6.92 Å². The summed E-state index contributed by atoms with van der Waals surface area (Å²) in [6.45, 7) is 9.46. The maximum atomic E-state index is 13.0. The largest absolute Gasteiger partial charge is 0.299 e. The van der Waals surface area contributed by atoms with Crippen LogP contribution in [0.15, 0.2) is 85.1 Å². The summed E-state index contributed by atoms with van der Waals surface area (Å²) in [5, 5.41) is 2.38. The second-order valence-corrected chi connectivity index (χ2v) is 11.5. The molecule has 0 aromatic heterocycles. The van der Waals surface area contributed by atoms with Crippen LogP contribution in [0, 0.1) is 5.92 Å². The molecule has 0 spiro atoms. The first-order chi connectivity index (χ1) is 21.4. The molecule has 0 rings (SSSR count). The van der Waals surface area contributed by atoms with E-state index < -0.39 is 17.7 Å². The summed E-state index contributed by atoms with van der Waals surface area (Å²) < 4.78 is 0. The van der Waals surface area contributed by atoms with Crippen molar-refractivity contribution in [2.45, 2.75) is 143 Å². The fraction of sp³-hybridized carbons (Fsp3) is 0.575. The van der Waals surface area contributed by atoms with Crippen molar-refractivity contribution in [3.8, 4) is 0 Å². The Kier molecular flexibility index (Phi) is 29.3. The van der Waals surface area contributed by atoms with Crippen molar-refractivity contribution in [3.63, 3.8) is 0 Å². The molecule has 0 aromatic carbocycles. The number of unbranched alkanes of at least 4 members (excludes halogenated alkanes) is 9. The van der Waals surface area contributed by atoms with Crippen LogP contribution < -0.4 is 5.32 Å². The van der Waals surface area contributed by atoms with Crippen molar-refractivity contribution in [1.29, 1.82) is 0 Å². The van der Waals surface area contributed by atoms with Gasteiger partial charge in [0.1, 0.15) is 5.78 Å². The first kappa shape index (κ1) is 41.0. The molecule has 4 nitrogen and oxygen atoms in total. The third-order valence-corrected chi connectivity index (χ3v) is 7.30. The topological polar surface area (TPSA) is 63.2 Å². The van der Waals surface area contributed by atoms with Crippen molar-refractivity contribution >= 4 is 17.6 Å². The molecule has 0 radical (unpaired) electrons. The van der Waals surface area contributed by atoms with E-state index in [1.807, 2.05) is 0 Å². The highest BCUT2D eigenvalue weighted by molar-refractivity contribution is 6.10. The second kappa shape index (κ2) is 31.4. The molecule has 0 heterocycles. The highest BCUT2D eigenvalue weighted by Crippen LogP contribution is 2.18. The molecule has 4 heteroatoms. The lowest BCUT2D eigenvalue weighted by atomic mass is 9.92. The lowest BCUT2D eigenvalue weighted by molar-refractivity contribution is -0.136. The number of imide groups is 1. The van der Waals surface area contributed by atoms with Gasteiger partial charge in [-0.3, -0.25) is 19.7 Å². The lowest BCUT2D eigenvalue weighted by Gasteiger charge is -2.15. The molecular formula is C40H63NO3. The monoisotopic (exact) mass is 605 g/mol. The van der Waals surface area contributed by atoms with Crippen LogP contribution in [0.4, 0.5) is 0 Å². The summed E-state index contributed by atoms with van der Waals surface area (Å²) in [6, 6.07) is 0. The van der Waals surface area contributed by atoms with Crippen LogP contribution in [-0.4, -0.2) is 17.6 Å². The van der Waals surface area contributed by atoms with Gasteiger partial charge in [-0.15, -0.1) is 0 Å². The molecule has 2 amide bonds. The van der Waals surface area contributed by atoms with Crippen LogP contribution in [0.5, 0.6) is 0 Å². The Hall–Kier alpha value is -3.01. The van der Waals surface area contributed by atoms with E-state index in [9.17, 15) is 14.4 Å². The van der Waals surface area contributed by atoms with Gasteiger partial charge in [0.15, 0.2) is 0 Å². The predicted molar refractivity (Wildman–Crippen MR) is 190 cm³/mol. The molecule has 0 fully saturated rings. The maximum Gasteiger partial charge on any atom is 0.252 e. The Bertz CT molecular complexity index is 948. The van der Waals surface area contributed by atoms with Crippen molar-refractivity contribution in [3.05, 3.63) is 85.1 Å². The number of carbonyl (C=O) groups is 3. The minimum atomic E-state index is -0.751. The number of rotatable bonds is 28. The third kappa shape index (κ3) is 26.6. The van der Waals surface area contributed by atoms with Gasteiger partial charge in [0.05, 0.1) is 5.92 Å². The number of hydrogen-bond donors (Lipinski definition) is 1. The van der Waals surface area contributed by atoms with E-state index in [-0.39, 0.29) is 11.4 Å². The van der Waals surface area contributed by atoms with Gasteiger partial charge in [0.25, 0.3) is 5.91 Å². The molecule has 1 unspecified atom stereocenters. The zero-order valence-corrected chi connectivity index (χ0v) is 28.4. The molecule has 246 valence electrons. The number of nitrogens with one attached hydrogen (secondary N) is 1. The van der Waals surface area contributed by atoms with Crippen LogP contribution >= 0.6 is 0 Å². The summed E-state index contributed by atoms with van der Waals surface area (Å²) in [5.41, 5.74) is 0.271. The Morgan fingerprint density at radius 2 is 0.977 bits per heavy atom. The zero-order chi connectivity index (χ0) is 32.5. The summed E-state index contributed by atoms with van der Waals surface area (Å²) in [4.78, 5) is 37.8. The minimum Gasteiger partial charge on any atom is -0.299 e. The van der Waals surface area contributed by atoms with Crippen molar-refractivity contribution in [2.24, 2.45) is 5.92 Å². The van der Waals surface area contributed by atoms with E-state index in [4.69, 9.17) is 0 Å². The second-order valence-electron chi connectivity index (χ2n) is 11.5. The fourth-order valence-electron chi connectivity index (χ4n) is 4.63. The highest BCUT2D eigenvalue weighted by atomic mass is 16.2. The van der Waals surface area contributed by atoms with E-state index in [0.29, 0.717) is 12.8 Å². The van der Waals surface area contributed by atoms with Gasteiger partial charge < -0.3 is 0 Å². The highest BCUT2D eigenvalue weighted by Gasteiger charge is 2.27. The third-order valence-electron chi connectivity index (χ3n) is 7.30. The smallest absolute Gasteiger partial charge is 0.252 e. The molecule has 0 bridgehead atoms. The Balaban J connectivity index is 4.28. The summed E-state index contributed by atoms with van der Waals surface area (Å²) in [7, 11) is 0.